The van der Waals surface area contributed by atoms with Crippen LogP contribution in [0.3, 0.4) is 0 Å². The second-order valence-corrected chi connectivity index (χ2v) is 8.25. The summed E-state index contributed by atoms with van der Waals surface area (Å²) in [4.78, 5) is 5.66. The van der Waals surface area contributed by atoms with Crippen molar-refractivity contribution in [3.05, 3.63) is 17.7 Å². The summed E-state index contributed by atoms with van der Waals surface area (Å²) in [5.41, 5.74) is -0.833. The second-order valence-electron chi connectivity index (χ2n) is 6.16. The Morgan fingerprint density at radius 1 is 1.46 bits per heavy atom. The summed E-state index contributed by atoms with van der Waals surface area (Å²) in [6, 6.07) is 0. The van der Waals surface area contributed by atoms with Crippen LogP contribution in [0, 0.1) is 5.92 Å². The van der Waals surface area contributed by atoms with Gasteiger partial charge in [-0.2, -0.15) is 13.2 Å². The number of sulfonamides is 1. The molecule has 0 radical (unpaired) electrons. The van der Waals surface area contributed by atoms with Gasteiger partial charge in [-0.25, -0.2) is 18.1 Å². The molecule has 1 N–H and O–H groups in total. The predicted octanol–water partition coefficient (Wildman–Crippen LogP) is 1.34. The smallest absolute Gasteiger partial charge is 0.334 e. The number of aryl methyl sites for hydroxylation is 1. The molecule has 0 aliphatic carbocycles. The van der Waals surface area contributed by atoms with E-state index in [1.807, 2.05) is 11.9 Å². The van der Waals surface area contributed by atoms with Crippen molar-refractivity contribution in [2.45, 2.75) is 32.5 Å². The normalized spacial score (nSPS) is 18.8. The third kappa shape index (κ3) is 5.18. The predicted molar refractivity (Wildman–Crippen MR) is 84.0 cm³/mol. The zero-order chi connectivity index (χ0) is 18.0. The highest BCUT2D eigenvalue weighted by atomic mass is 32.2. The van der Waals surface area contributed by atoms with Gasteiger partial charge in [0.2, 0.25) is 10.0 Å². The molecule has 0 saturated heterocycles. The van der Waals surface area contributed by atoms with Crippen LogP contribution >= 0.6 is 0 Å². The molecule has 1 unspecified atom stereocenters. The van der Waals surface area contributed by atoms with Gasteiger partial charge >= 0.3 is 6.18 Å². The first kappa shape index (κ1) is 19.2. The Balaban J connectivity index is 1.84. The molecule has 2 rings (SSSR count). The molecule has 0 bridgehead atoms. The Kier molecular flexibility index (Phi) is 5.92. The number of alkyl halides is 3. The summed E-state index contributed by atoms with van der Waals surface area (Å²) in [7, 11) is -1.32. The van der Waals surface area contributed by atoms with Crippen molar-refractivity contribution >= 4 is 10.0 Å². The van der Waals surface area contributed by atoms with Crippen molar-refractivity contribution in [3.63, 3.8) is 0 Å². The topological polar surface area (TPSA) is 67.2 Å². The largest absolute Gasteiger partial charge is 0.434 e. The number of rotatable bonds is 7. The molecule has 2 heterocycles. The minimum atomic E-state index is -4.41. The molecule has 1 aliphatic heterocycles. The van der Waals surface area contributed by atoms with Crippen LogP contribution < -0.4 is 4.72 Å². The van der Waals surface area contributed by atoms with Crippen LogP contribution in [0.5, 0.6) is 0 Å². The molecule has 0 spiro atoms. The molecule has 1 aliphatic rings. The van der Waals surface area contributed by atoms with E-state index >= 15 is 0 Å². The molecule has 6 nitrogen and oxygen atoms in total. The molecule has 1 aromatic heterocycles. The number of fused-ring (bicyclic) bond motifs is 1. The minimum absolute atomic E-state index is 0.0459. The average Bonchev–Trinajstić information content (AvgIpc) is 2.90. The molecular formula is C14H23F3N4O2S. The maximum atomic E-state index is 12.7. The van der Waals surface area contributed by atoms with Crippen molar-refractivity contribution in [2.75, 3.05) is 32.4 Å². The molecule has 0 fully saturated rings. The van der Waals surface area contributed by atoms with Crippen LogP contribution in [0.2, 0.25) is 0 Å². The van der Waals surface area contributed by atoms with Gasteiger partial charge in [-0.15, -0.1) is 0 Å². The summed E-state index contributed by atoms with van der Waals surface area (Å²) in [6.07, 6.45) is -2.03. The number of halogens is 3. The molecular weight excluding hydrogens is 345 g/mol. The Morgan fingerprint density at radius 3 is 2.79 bits per heavy atom. The van der Waals surface area contributed by atoms with Gasteiger partial charge in [0.15, 0.2) is 5.69 Å². The van der Waals surface area contributed by atoms with Crippen molar-refractivity contribution < 1.29 is 21.6 Å². The average molecular weight is 368 g/mol. The number of imidazole rings is 1. The molecule has 1 aromatic rings. The summed E-state index contributed by atoms with van der Waals surface area (Å²) in [5.74, 6) is 0.752. The van der Waals surface area contributed by atoms with E-state index in [2.05, 4.69) is 9.71 Å². The SMILES string of the molecule is CCS(=O)(=O)NCCN(C)CC1CCc2nc(C(F)(F)F)cn2C1. The first-order valence-corrected chi connectivity index (χ1v) is 9.55. The number of aromatic nitrogens is 2. The quantitative estimate of drug-likeness (QED) is 0.789. The van der Waals surface area contributed by atoms with Crippen LogP contribution in [0.4, 0.5) is 13.2 Å². The Labute approximate surface area is 140 Å². The van der Waals surface area contributed by atoms with Crippen molar-refractivity contribution in [3.8, 4) is 0 Å². The molecule has 138 valence electrons. The van der Waals surface area contributed by atoms with Gasteiger partial charge in [-0.3, -0.25) is 0 Å². The minimum Gasteiger partial charge on any atom is -0.334 e. The van der Waals surface area contributed by atoms with Crippen molar-refractivity contribution in [2.24, 2.45) is 5.92 Å². The van der Waals surface area contributed by atoms with Gasteiger partial charge in [-0.1, -0.05) is 0 Å². The zero-order valence-corrected chi connectivity index (χ0v) is 14.6. The molecule has 1 atom stereocenters. The number of hydrogen-bond donors (Lipinski definition) is 1. The first-order chi connectivity index (χ1) is 11.1. The molecule has 0 aromatic carbocycles. The van der Waals surface area contributed by atoms with Crippen LogP contribution in [-0.4, -0.2) is 55.3 Å². The lowest BCUT2D eigenvalue weighted by Crippen LogP contribution is -2.37. The van der Waals surface area contributed by atoms with Gasteiger partial charge in [0, 0.05) is 38.8 Å². The monoisotopic (exact) mass is 368 g/mol. The van der Waals surface area contributed by atoms with Crippen LogP contribution in [0.15, 0.2) is 6.20 Å². The number of nitrogens with one attached hydrogen (secondary N) is 1. The second kappa shape index (κ2) is 7.40. The maximum Gasteiger partial charge on any atom is 0.434 e. The fourth-order valence-electron chi connectivity index (χ4n) is 2.83. The van der Waals surface area contributed by atoms with Gasteiger partial charge < -0.3 is 9.47 Å². The van der Waals surface area contributed by atoms with E-state index in [9.17, 15) is 21.6 Å². The van der Waals surface area contributed by atoms with E-state index in [4.69, 9.17) is 0 Å². The lowest BCUT2D eigenvalue weighted by Gasteiger charge is -2.28. The number of hydrogen-bond acceptors (Lipinski definition) is 4. The van der Waals surface area contributed by atoms with E-state index < -0.39 is 21.9 Å². The fraction of sp³-hybridized carbons (Fsp3) is 0.786. The van der Waals surface area contributed by atoms with Crippen LogP contribution in [0.1, 0.15) is 24.9 Å². The van der Waals surface area contributed by atoms with E-state index in [-0.39, 0.29) is 11.7 Å². The van der Waals surface area contributed by atoms with E-state index in [0.717, 1.165) is 12.6 Å². The maximum absolute atomic E-state index is 12.7. The Bertz CT molecular complexity index is 657. The number of likely N-dealkylation sites (N-methyl/N-ethyl adjacent to an activating group) is 1. The lowest BCUT2D eigenvalue weighted by atomic mass is 9.99. The Hall–Kier alpha value is -1.13. The highest BCUT2D eigenvalue weighted by Gasteiger charge is 2.35. The first-order valence-electron chi connectivity index (χ1n) is 7.90. The summed E-state index contributed by atoms with van der Waals surface area (Å²) in [5, 5.41) is 0. The third-order valence-electron chi connectivity index (χ3n) is 4.15. The van der Waals surface area contributed by atoms with Crippen LogP contribution in [-0.2, 0) is 29.2 Å². The summed E-state index contributed by atoms with van der Waals surface area (Å²) < 4.78 is 64.9. The van der Waals surface area contributed by atoms with Gasteiger partial charge in [0.25, 0.3) is 0 Å². The third-order valence-corrected chi connectivity index (χ3v) is 5.55. The molecule has 10 heteroatoms. The number of nitrogens with zero attached hydrogens (tertiary/aromatic N) is 3. The lowest BCUT2D eigenvalue weighted by molar-refractivity contribution is -0.141. The fourth-order valence-corrected chi connectivity index (χ4v) is 3.43. The van der Waals surface area contributed by atoms with E-state index in [1.165, 1.54) is 0 Å². The van der Waals surface area contributed by atoms with E-state index in [1.54, 1.807) is 11.5 Å². The van der Waals surface area contributed by atoms with E-state index in [0.29, 0.717) is 38.4 Å². The Morgan fingerprint density at radius 2 is 2.17 bits per heavy atom. The van der Waals surface area contributed by atoms with Gasteiger partial charge in [0.05, 0.1) is 5.75 Å². The highest BCUT2D eigenvalue weighted by molar-refractivity contribution is 7.89. The summed E-state index contributed by atoms with van der Waals surface area (Å²) >= 11 is 0. The highest BCUT2D eigenvalue weighted by Crippen LogP contribution is 2.30. The van der Waals surface area contributed by atoms with Gasteiger partial charge in [0.1, 0.15) is 5.82 Å². The van der Waals surface area contributed by atoms with Crippen LogP contribution in [0.25, 0.3) is 0 Å². The standard InChI is InChI=1S/C14H23F3N4O2S/c1-3-24(22,23)18-6-7-20(2)8-11-4-5-13-19-12(14(15,16)17)10-21(13)9-11/h10-11,18H,3-9H2,1-2H3. The zero-order valence-electron chi connectivity index (χ0n) is 13.8. The molecule has 0 saturated carbocycles. The molecule has 24 heavy (non-hydrogen) atoms. The van der Waals surface area contributed by atoms with Crippen molar-refractivity contribution in [1.82, 2.24) is 19.2 Å². The van der Waals surface area contributed by atoms with Gasteiger partial charge in [-0.05, 0) is 26.3 Å². The summed E-state index contributed by atoms with van der Waals surface area (Å²) in [6.45, 7) is 3.66. The van der Waals surface area contributed by atoms with Crippen molar-refractivity contribution in [1.29, 1.82) is 0 Å². The molecule has 0 amide bonds.